The first-order valence-electron chi connectivity index (χ1n) is 6.22. The standard InChI is InChI=1S/C14H14FN3O3S/c1-9(19)18(14-7-10(16)5-6-17-14)11-3-4-13(12(15)8-11)22(2,20)21/h3-8H,1-2H3,(H2,16,17). The van der Waals surface area contributed by atoms with E-state index in [-0.39, 0.29) is 11.5 Å². The van der Waals surface area contributed by atoms with Crippen LogP contribution < -0.4 is 10.6 Å². The Balaban J connectivity index is 2.56. The molecule has 0 saturated carbocycles. The molecular weight excluding hydrogens is 309 g/mol. The van der Waals surface area contributed by atoms with E-state index in [1.807, 2.05) is 0 Å². The Labute approximate surface area is 127 Å². The summed E-state index contributed by atoms with van der Waals surface area (Å²) in [6, 6.07) is 6.44. The van der Waals surface area contributed by atoms with Crippen molar-refractivity contribution in [3.63, 3.8) is 0 Å². The van der Waals surface area contributed by atoms with E-state index in [1.54, 1.807) is 6.07 Å². The zero-order chi connectivity index (χ0) is 16.5. The normalized spacial score (nSPS) is 11.2. The lowest BCUT2D eigenvalue weighted by atomic mass is 10.2. The zero-order valence-electron chi connectivity index (χ0n) is 11.9. The third-order valence-electron chi connectivity index (χ3n) is 2.89. The largest absolute Gasteiger partial charge is 0.399 e. The molecule has 0 spiro atoms. The summed E-state index contributed by atoms with van der Waals surface area (Å²) < 4.78 is 36.9. The van der Waals surface area contributed by atoms with Gasteiger partial charge in [0.1, 0.15) is 16.5 Å². The Morgan fingerprint density at radius 1 is 1.27 bits per heavy atom. The van der Waals surface area contributed by atoms with E-state index >= 15 is 0 Å². The van der Waals surface area contributed by atoms with Crippen molar-refractivity contribution in [3.05, 3.63) is 42.3 Å². The highest BCUT2D eigenvalue weighted by molar-refractivity contribution is 7.90. The fourth-order valence-electron chi connectivity index (χ4n) is 1.96. The molecular formula is C14H14FN3O3S. The van der Waals surface area contributed by atoms with Crippen molar-refractivity contribution in [2.45, 2.75) is 11.8 Å². The summed E-state index contributed by atoms with van der Waals surface area (Å²) in [6.07, 6.45) is 2.33. The molecule has 1 heterocycles. The zero-order valence-corrected chi connectivity index (χ0v) is 12.8. The van der Waals surface area contributed by atoms with E-state index in [9.17, 15) is 17.6 Å². The van der Waals surface area contributed by atoms with Crippen LogP contribution in [0.25, 0.3) is 0 Å². The molecule has 0 aliphatic heterocycles. The fraction of sp³-hybridized carbons (Fsp3) is 0.143. The van der Waals surface area contributed by atoms with E-state index < -0.39 is 26.5 Å². The number of sulfone groups is 1. The van der Waals surface area contributed by atoms with Gasteiger partial charge in [-0.15, -0.1) is 0 Å². The molecule has 1 amide bonds. The highest BCUT2D eigenvalue weighted by Crippen LogP contribution is 2.28. The van der Waals surface area contributed by atoms with Gasteiger partial charge in [0.05, 0.1) is 5.69 Å². The third kappa shape index (κ3) is 3.22. The van der Waals surface area contributed by atoms with Crippen molar-refractivity contribution >= 4 is 32.9 Å². The van der Waals surface area contributed by atoms with Crippen LogP contribution in [0.15, 0.2) is 41.4 Å². The van der Waals surface area contributed by atoms with E-state index in [1.165, 1.54) is 25.3 Å². The predicted octanol–water partition coefficient (Wildman–Crippen LogP) is 1.89. The second-order valence-electron chi connectivity index (χ2n) is 4.69. The van der Waals surface area contributed by atoms with E-state index in [0.29, 0.717) is 5.69 Å². The van der Waals surface area contributed by atoms with Crippen LogP contribution in [-0.4, -0.2) is 25.6 Å². The molecule has 0 aliphatic rings. The van der Waals surface area contributed by atoms with Crippen LogP contribution in [0, 0.1) is 5.82 Å². The number of anilines is 3. The maximum Gasteiger partial charge on any atom is 0.229 e. The SMILES string of the molecule is CC(=O)N(c1ccc(S(C)(=O)=O)c(F)c1)c1cc(N)ccn1. The number of amides is 1. The summed E-state index contributed by atoms with van der Waals surface area (Å²) in [5.41, 5.74) is 6.21. The Bertz CT molecular complexity index is 837. The number of rotatable bonds is 3. The summed E-state index contributed by atoms with van der Waals surface area (Å²) in [5, 5.41) is 0. The topological polar surface area (TPSA) is 93.4 Å². The van der Waals surface area contributed by atoms with E-state index in [2.05, 4.69) is 4.98 Å². The molecule has 0 fully saturated rings. The Kier molecular flexibility index (Phi) is 4.14. The summed E-state index contributed by atoms with van der Waals surface area (Å²) >= 11 is 0. The van der Waals surface area contributed by atoms with E-state index in [4.69, 9.17) is 5.73 Å². The van der Waals surface area contributed by atoms with Gasteiger partial charge in [0.2, 0.25) is 5.91 Å². The highest BCUT2D eigenvalue weighted by Gasteiger charge is 2.20. The second-order valence-corrected chi connectivity index (χ2v) is 6.67. The van der Waals surface area contributed by atoms with E-state index in [0.717, 1.165) is 23.3 Å². The number of nitrogen functional groups attached to an aromatic ring is 1. The monoisotopic (exact) mass is 323 g/mol. The number of carbonyl (C=O) groups excluding carboxylic acids is 1. The van der Waals surface area contributed by atoms with Crippen LogP contribution in [0.3, 0.4) is 0 Å². The lowest BCUT2D eigenvalue weighted by Gasteiger charge is -2.20. The Morgan fingerprint density at radius 2 is 1.95 bits per heavy atom. The maximum absolute atomic E-state index is 14.0. The first kappa shape index (κ1) is 15.9. The van der Waals surface area contributed by atoms with Gasteiger partial charge in [-0.1, -0.05) is 0 Å². The van der Waals surface area contributed by atoms with Gasteiger partial charge in [-0.25, -0.2) is 17.8 Å². The lowest BCUT2D eigenvalue weighted by Crippen LogP contribution is -2.24. The van der Waals surface area contributed by atoms with Gasteiger partial charge < -0.3 is 5.73 Å². The minimum atomic E-state index is -3.68. The first-order chi connectivity index (χ1) is 10.2. The maximum atomic E-state index is 14.0. The van der Waals surface area contributed by atoms with Crippen LogP contribution >= 0.6 is 0 Å². The van der Waals surface area contributed by atoms with Gasteiger partial charge in [0, 0.05) is 31.1 Å². The summed E-state index contributed by atoms with van der Waals surface area (Å²) in [7, 11) is -3.68. The van der Waals surface area contributed by atoms with Gasteiger partial charge in [0.15, 0.2) is 9.84 Å². The molecule has 2 aromatic rings. The number of hydrogen-bond acceptors (Lipinski definition) is 5. The van der Waals surface area contributed by atoms with Crippen molar-refractivity contribution < 1.29 is 17.6 Å². The first-order valence-corrected chi connectivity index (χ1v) is 8.11. The van der Waals surface area contributed by atoms with Crippen molar-refractivity contribution in [3.8, 4) is 0 Å². The molecule has 2 rings (SSSR count). The average Bonchev–Trinajstić information content (AvgIpc) is 2.37. The van der Waals surface area contributed by atoms with Crippen LogP contribution in [0.2, 0.25) is 0 Å². The molecule has 1 aromatic carbocycles. The van der Waals surface area contributed by atoms with Crippen LogP contribution in [0.4, 0.5) is 21.6 Å². The molecule has 0 atom stereocenters. The van der Waals surface area contributed by atoms with Crippen molar-refractivity contribution in [2.24, 2.45) is 0 Å². The molecule has 116 valence electrons. The van der Waals surface area contributed by atoms with Crippen molar-refractivity contribution in [1.82, 2.24) is 4.98 Å². The molecule has 0 bridgehead atoms. The second kappa shape index (κ2) is 5.72. The molecule has 8 heteroatoms. The predicted molar refractivity (Wildman–Crippen MR) is 81.0 cm³/mol. The van der Waals surface area contributed by atoms with Crippen LogP contribution in [0.1, 0.15) is 6.92 Å². The van der Waals surface area contributed by atoms with Gasteiger partial charge in [0.25, 0.3) is 0 Å². The van der Waals surface area contributed by atoms with Crippen LogP contribution in [-0.2, 0) is 14.6 Å². The number of pyridine rings is 1. The summed E-state index contributed by atoms with van der Waals surface area (Å²) in [5.74, 6) is -1.13. The van der Waals surface area contributed by atoms with Gasteiger partial charge in [-0.05, 0) is 24.3 Å². The molecule has 2 N–H and O–H groups in total. The number of aromatic nitrogens is 1. The molecule has 6 nitrogen and oxygen atoms in total. The van der Waals surface area contributed by atoms with Crippen LogP contribution in [0.5, 0.6) is 0 Å². The average molecular weight is 323 g/mol. The quantitative estimate of drug-likeness (QED) is 0.931. The molecule has 22 heavy (non-hydrogen) atoms. The minimum Gasteiger partial charge on any atom is -0.399 e. The number of carbonyl (C=O) groups is 1. The minimum absolute atomic E-state index is 0.163. The number of nitrogens with two attached hydrogens (primary N) is 1. The number of benzene rings is 1. The van der Waals surface area contributed by atoms with Crippen molar-refractivity contribution in [2.75, 3.05) is 16.9 Å². The lowest BCUT2D eigenvalue weighted by molar-refractivity contribution is -0.115. The summed E-state index contributed by atoms with van der Waals surface area (Å²) in [6.45, 7) is 1.28. The molecule has 0 aliphatic carbocycles. The Hall–Kier alpha value is -2.48. The van der Waals surface area contributed by atoms with Gasteiger partial charge in [-0.2, -0.15) is 0 Å². The number of hydrogen-bond donors (Lipinski definition) is 1. The van der Waals surface area contributed by atoms with Crippen molar-refractivity contribution in [1.29, 1.82) is 0 Å². The number of halogens is 1. The smallest absolute Gasteiger partial charge is 0.229 e. The molecule has 0 radical (unpaired) electrons. The van der Waals surface area contributed by atoms with Gasteiger partial charge >= 0.3 is 0 Å². The molecule has 0 unspecified atom stereocenters. The fourth-order valence-corrected chi connectivity index (χ4v) is 2.69. The number of nitrogens with zero attached hydrogens (tertiary/aromatic N) is 2. The summed E-state index contributed by atoms with van der Waals surface area (Å²) in [4.78, 5) is 16.6. The molecule has 1 aromatic heterocycles. The highest BCUT2D eigenvalue weighted by atomic mass is 32.2. The third-order valence-corrected chi connectivity index (χ3v) is 4.02. The Morgan fingerprint density at radius 3 is 2.45 bits per heavy atom. The molecule has 0 saturated heterocycles. The van der Waals surface area contributed by atoms with Gasteiger partial charge in [-0.3, -0.25) is 9.69 Å².